The highest BCUT2D eigenvalue weighted by atomic mass is 35.5. The predicted octanol–water partition coefficient (Wildman–Crippen LogP) is 4.33. The van der Waals surface area contributed by atoms with Crippen LogP contribution in [-0.4, -0.2) is 30.1 Å². The first-order valence-corrected chi connectivity index (χ1v) is 7.95. The summed E-state index contributed by atoms with van der Waals surface area (Å²) in [4.78, 5) is 9.20. The van der Waals surface area contributed by atoms with Crippen molar-refractivity contribution in [1.29, 1.82) is 0 Å². The zero-order valence-electron chi connectivity index (χ0n) is 12.2. The van der Waals surface area contributed by atoms with Crippen LogP contribution >= 0.6 is 34.8 Å². The van der Waals surface area contributed by atoms with Crippen molar-refractivity contribution in [3.8, 4) is 0 Å². The largest absolute Gasteiger partial charge is 0.300 e. The molecule has 1 aliphatic heterocycles. The fourth-order valence-electron chi connectivity index (χ4n) is 2.33. The second-order valence-electron chi connectivity index (χ2n) is 5.07. The predicted molar refractivity (Wildman–Crippen MR) is 97.5 cm³/mol. The van der Waals surface area contributed by atoms with Gasteiger partial charge in [0.25, 0.3) is 0 Å². The Labute approximate surface area is 149 Å². The molecule has 4 nitrogen and oxygen atoms in total. The number of aliphatic imine (C=N–C) groups is 2. The van der Waals surface area contributed by atoms with Crippen molar-refractivity contribution in [2.45, 2.75) is 0 Å². The van der Waals surface area contributed by atoms with Crippen LogP contribution < -0.4 is 5.84 Å². The standard InChI is InChI=1S/C16H13Cl3N4/c1-23(20)14-8-21-15(10-4-2-3-5-12(10)18)11-6-9(17)7-13(19)16(11)22-14/h2-7H,8,20H2,1H3. The monoisotopic (exact) mass is 366 g/mol. The average Bonchev–Trinajstić information content (AvgIpc) is 2.68. The first-order chi connectivity index (χ1) is 11.0. The van der Waals surface area contributed by atoms with Crippen LogP contribution in [0.3, 0.4) is 0 Å². The third-order valence-corrected chi connectivity index (χ3v) is 4.27. The number of hydrogen-bond donors (Lipinski definition) is 1. The summed E-state index contributed by atoms with van der Waals surface area (Å²) in [7, 11) is 1.71. The van der Waals surface area contributed by atoms with Crippen LogP contribution in [0.25, 0.3) is 0 Å². The van der Waals surface area contributed by atoms with Gasteiger partial charge in [0.05, 0.1) is 23.0 Å². The zero-order chi connectivity index (χ0) is 16.6. The molecule has 118 valence electrons. The number of nitrogens with two attached hydrogens (primary N) is 1. The van der Waals surface area contributed by atoms with Crippen LogP contribution in [0.15, 0.2) is 46.4 Å². The lowest BCUT2D eigenvalue weighted by Gasteiger charge is -2.12. The number of hydrazine groups is 1. The van der Waals surface area contributed by atoms with E-state index in [1.165, 1.54) is 5.01 Å². The maximum absolute atomic E-state index is 6.34. The molecule has 0 aliphatic carbocycles. The summed E-state index contributed by atoms with van der Waals surface area (Å²) in [5, 5.41) is 2.97. The Morgan fingerprint density at radius 1 is 1.04 bits per heavy atom. The molecule has 0 bridgehead atoms. The summed E-state index contributed by atoms with van der Waals surface area (Å²) in [6.07, 6.45) is 0. The van der Waals surface area contributed by atoms with E-state index < -0.39 is 0 Å². The van der Waals surface area contributed by atoms with E-state index in [-0.39, 0.29) is 0 Å². The Morgan fingerprint density at radius 3 is 2.48 bits per heavy atom. The molecule has 0 saturated heterocycles. The maximum Gasteiger partial charge on any atom is 0.140 e. The van der Waals surface area contributed by atoms with Gasteiger partial charge < -0.3 is 0 Å². The lowest BCUT2D eigenvalue weighted by molar-refractivity contribution is 0.531. The Hall–Kier alpha value is -1.59. The molecule has 0 amide bonds. The van der Waals surface area contributed by atoms with Gasteiger partial charge in [-0.15, -0.1) is 0 Å². The molecule has 2 aromatic rings. The zero-order valence-corrected chi connectivity index (χ0v) is 14.5. The van der Waals surface area contributed by atoms with Crippen LogP contribution in [0.4, 0.5) is 5.69 Å². The number of rotatable bonds is 1. The summed E-state index contributed by atoms with van der Waals surface area (Å²) < 4.78 is 0. The lowest BCUT2D eigenvalue weighted by atomic mass is 10.0. The molecule has 0 aromatic heterocycles. The van der Waals surface area contributed by atoms with Crippen LogP contribution in [0.1, 0.15) is 11.1 Å². The minimum absolute atomic E-state index is 0.316. The number of halogens is 3. The van der Waals surface area contributed by atoms with Gasteiger partial charge in [-0.05, 0) is 18.2 Å². The highest BCUT2D eigenvalue weighted by molar-refractivity contribution is 6.39. The van der Waals surface area contributed by atoms with Crippen molar-refractivity contribution in [3.05, 3.63) is 62.6 Å². The van der Waals surface area contributed by atoms with E-state index in [0.29, 0.717) is 38.8 Å². The highest BCUT2D eigenvalue weighted by Crippen LogP contribution is 2.36. The quantitative estimate of drug-likeness (QED) is 0.602. The molecule has 2 N–H and O–H groups in total. The van der Waals surface area contributed by atoms with Crippen molar-refractivity contribution in [2.24, 2.45) is 15.8 Å². The Balaban J connectivity index is 2.28. The van der Waals surface area contributed by atoms with Crippen LogP contribution in [0.2, 0.25) is 15.1 Å². The van der Waals surface area contributed by atoms with Gasteiger partial charge in [-0.2, -0.15) is 0 Å². The summed E-state index contributed by atoms with van der Waals surface area (Å²) in [6.45, 7) is 0.316. The number of amidine groups is 1. The molecule has 1 heterocycles. The highest BCUT2D eigenvalue weighted by Gasteiger charge is 2.21. The van der Waals surface area contributed by atoms with Crippen molar-refractivity contribution in [1.82, 2.24) is 5.01 Å². The third-order valence-electron chi connectivity index (χ3n) is 3.44. The molecule has 0 saturated carbocycles. The second kappa shape index (κ2) is 6.49. The molecule has 3 rings (SSSR count). The molecule has 7 heteroatoms. The molecule has 0 unspecified atom stereocenters. The van der Waals surface area contributed by atoms with Gasteiger partial charge >= 0.3 is 0 Å². The molecule has 0 fully saturated rings. The van der Waals surface area contributed by atoms with Gasteiger partial charge in [0, 0.05) is 28.2 Å². The summed E-state index contributed by atoms with van der Waals surface area (Å²) in [5.41, 5.74) is 2.80. The molecular weight excluding hydrogens is 355 g/mol. The number of nitrogens with zero attached hydrogens (tertiary/aromatic N) is 3. The molecule has 0 radical (unpaired) electrons. The van der Waals surface area contributed by atoms with Gasteiger partial charge in [0.2, 0.25) is 0 Å². The van der Waals surface area contributed by atoms with Gasteiger partial charge in [-0.1, -0.05) is 53.0 Å². The normalized spacial score (nSPS) is 13.8. The average molecular weight is 368 g/mol. The molecule has 1 aliphatic rings. The number of likely N-dealkylation sites (N-methyl/N-ethyl adjacent to an activating group) is 1. The summed E-state index contributed by atoms with van der Waals surface area (Å²) >= 11 is 18.9. The maximum atomic E-state index is 6.34. The minimum Gasteiger partial charge on any atom is -0.300 e. The topological polar surface area (TPSA) is 54.0 Å². The van der Waals surface area contributed by atoms with Crippen molar-refractivity contribution >= 4 is 52.0 Å². The molecule has 23 heavy (non-hydrogen) atoms. The summed E-state index contributed by atoms with van der Waals surface area (Å²) in [6, 6.07) is 10.9. The van der Waals surface area contributed by atoms with Gasteiger partial charge in [0.1, 0.15) is 5.84 Å². The lowest BCUT2D eigenvalue weighted by Crippen LogP contribution is -2.34. The number of fused-ring (bicyclic) bond motifs is 1. The van der Waals surface area contributed by atoms with Crippen LogP contribution in [0, 0.1) is 0 Å². The molecule has 0 atom stereocenters. The van der Waals surface area contributed by atoms with Gasteiger partial charge in [-0.25, -0.2) is 10.8 Å². The SMILES string of the molecule is CN(N)C1=Nc2c(Cl)cc(Cl)cc2C(c2ccccc2Cl)=NC1. The second-order valence-corrected chi connectivity index (χ2v) is 6.32. The smallest absolute Gasteiger partial charge is 0.140 e. The van der Waals surface area contributed by atoms with E-state index in [9.17, 15) is 0 Å². The molecular formula is C16H13Cl3N4. The Morgan fingerprint density at radius 2 is 1.78 bits per heavy atom. The fourth-order valence-corrected chi connectivity index (χ4v) is 3.09. The van der Waals surface area contributed by atoms with E-state index >= 15 is 0 Å². The number of benzene rings is 2. The van der Waals surface area contributed by atoms with Crippen molar-refractivity contribution in [2.75, 3.05) is 13.6 Å². The Bertz CT molecular complexity index is 828. The summed E-state index contributed by atoms with van der Waals surface area (Å²) in [5.74, 6) is 6.42. The Kier molecular flexibility index (Phi) is 4.60. The van der Waals surface area contributed by atoms with Crippen LogP contribution in [-0.2, 0) is 0 Å². The number of hydrogen-bond acceptors (Lipinski definition) is 4. The van der Waals surface area contributed by atoms with Crippen LogP contribution in [0.5, 0.6) is 0 Å². The van der Waals surface area contributed by atoms with E-state index in [1.54, 1.807) is 19.2 Å². The van der Waals surface area contributed by atoms with Gasteiger partial charge in [-0.3, -0.25) is 10.0 Å². The van der Waals surface area contributed by atoms with E-state index in [0.717, 1.165) is 11.1 Å². The van der Waals surface area contributed by atoms with Crippen molar-refractivity contribution in [3.63, 3.8) is 0 Å². The van der Waals surface area contributed by atoms with Gasteiger partial charge in [0.15, 0.2) is 0 Å². The first kappa shape index (κ1) is 16.3. The first-order valence-electron chi connectivity index (χ1n) is 6.82. The van der Waals surface area contributed by atoms with E-state index in [1.807, 2.05) is 24.3 Å². The fraction of sp³-hybridized carbons (Fsp3) is 0.125. The van der Waals surface area contributed by atoms with Crippen molar-refractivity contribution < 1.29 is 0 Å². The molecule has 2 aromatic carbocycles. The van der Waals surface area contributed by atoms with E-state index in [4.69, 9.17) is 40.6 Å². The minimum atomic E-state index is 0.316. The third kappa shape index (κ3) is 3.21. The van der Waals surface area contributed by atoms with E-state index in [2.05, 4.69) is 9.98 Å². The molecule has 0 spiro atoms.